The van der Waals surface area contributed by atoms with Crippen molar-refractivity contribution in [2.24, 2.45) is 5.73 Å². The van der Waals surface area contributed by atoms with E-state index in [4.69, 9.17) is 17.3 Å². The van der Waals surface area contributed by atoms with Gasteiger partial charge in [-0.05, 0) is 12.8 Å². The van der Waals surface area contributed by atoms with Crippen LogP contribution in [0.4, 0.5) is 0 Å². The molecule has 0 spiro atoms. The van der Waals surface area contributed by atoms with Crippen molar-refractivity contribution in [1.29, 1.82) is 0 Å². The topological polar surface area (TPSA) is 26.0 Å². The molecule has 0 aromatic rings. The molecule has 2 atom stereocenters. The molecule has 1 aliphatic heterocycles. The number of halogens is 1. The smallest absolute Gasteiger partial charge is 0.0792 e. The molecule has 1 aliphatic rings. The van der Waals surface area contributed by atoms with Crippen LogP contribution in [0.3, 0.4) is 0 Å². The monoisotopic (exact) mass is 151 g/mol. The van der Waals surface area contributed by atoms with Crippen LogP contribution in [-0.2, 0) is 0 Å². The van der Waals surface area contributed by atoms with Crippen molar-refractivity contribution in [3.63, 3.8) is 0 Å². The highest BCUT2D eigenvalue weighted by atomic mass is 35.5. The molecule has 2 unspecified atom stereocenters. The van der Waals surface area contributed by atoms with E-state index in [0.717, 1.165) is 13.0 Å². The first-order chi connectivity index (χ1) is 3.83. The summed E-state index contributed by atoms with van der Waals surface area (Å²) in [7, 11) is 0. The lowest BCUT2D eigenvalue weighted by atomic mass is 10.2. The van der Waals surface area contributed by atoms with E-state index in [-0.39, 0.29) is 0 Å². The van der Waals surface area contributed by atoms with Crippen LogP contribution in [0.5, 0.6) is 0 Å². The van der Waals surface area contributed by atoms with E-state index in [1.807, 2.05) is 0 Å². The maximum atomic E-state index is 5.79. The molecule has 0 saturated carbocycles. The first-order valence-electron chi connectivity index (χ1n) is 2.82. The van der Waals surface area contributed by atoms with Crippen LogP contribution < -0.4 is 5.73 Å². The molecule has 0 bridgehead atoms. The minimum atomic E-state index is 0.337. The van der Waals surface area contributed by atoms with Crippen molar-refractivity contribution in [3.8, 4) is 0 Å². The fraction of sp³-hybridized carbons (Fsp3) is 1.00. The van der Waals surface area contributed by atoms with Gasteiger partial charge in [0, 0.05) is 11.8 Å². The van der Waals surface area contributed by atoms with Gasteiger partial charge in [-0.25, -0.2) is 0 Å². The molecule has 1 rings (SSSR count). The van der Waals surface area contributed by atoms with Gasteiger partial charge in [0.15, 0.2) is 0 Å². The third-order valence-corrected chi connectivity index (χ3v) is 3.19. The number of hydrogen-bond donors (Lipinski definition) is 1. The van der Waals surface area contributed by atoms with Crippen molar-refractivity contribution in [2.75, 3.05) is 6.54 Å². The molecule has 0 aromatic heterocycles. The average molecular weight is 152 g/mol. The second kappa shape index (κ2) is 2.95. The van der Waals surface area contributed by atoms with Crippen LogP contribution in [0.1, 0.15) is 12.8 Å². The van der Waals surface area contributed by atoms with Crippen LogP contribution in [0, 0.1) is 0 Å². The Morgan fingerprint density at radius 3 is 2.62 bits per heavy atom. The molecule has 1 nitrogen and oxygen atoms in total. The Morgan fingerprint density at radius 2 is 2.38 bits per heavy atom. The van der Waals surface area contributed by atoms with E-state index in [9.17, 15) is 0 Å². The number of thioether (sulfide) groups is 1. The summed E-state index contributed by atoms with van der Waals surface area (Å²) in [5.74, 6) is 0. The summed E-state index contributed by atoms with van der Waals surface area (Å²) in [6, 6.07) is 0. The largest absolute Gasteiger partial charge is 0.329 e. The number of rotatable bonds is 1. The molecule has 1 saturated heterocycles. The molecule has 48 valence electrons. The van der Waals surface area contributed by atoms with E-state index in [1.54, 1.807) is 11.8 Å². The lowest BCUT2D eigenvalue weighted by Crippen LogP contribution is -2.12. The Kier molecular flexibility index (Phi) is 2.47. The maximum Gasteiger partial charge on any atom is 0.0792 e. The van der Waals surface area contributed by atoms with Gasteiger partial charge in [-0.3, -0.25) is 0 Å². The standard InChI is InChI=1S/C5H10ClNS/c6-5-2-1-4(3-7)8-5/h4-5H,1-3,7H2. The summed E-state index contributed by atoms with van der Waals surface area (Å²) < 4.78 is 0.337. The highest BCUT2D eigenvalue weighted by molar-refractivity contribution is 8.01. The normalized spacial score (nSPS) is 38.2. The fourth-order valence-corrected chi connectivity index (χ4v) is 2.47. The summed E-state index contributed by atoms with van der Waals surface area (Å²) in [6.45, 7) is 0.786. The quantitative estimate of drug-likeness (QED) is 0.574. The van der Waals surface area contributed by atoms with Gasteiger partial charge in [0.25, 0.3) is 0 Å². The number of nitrogens with two attached hydrogens (primary N) is 1. The van der Waals surface area contributed by atoms with Gasteiger partial charge in [0.2, 0.25) is 0 Å². The van der Waals surface area contributed by atoms with Crippen molar-refractivity contribution >= 4 is 23.4 Å². The van der Waals surface area contributed by atoms with Gasteiger partial charge in [-0.2, -0.15) is 0 Å². The molecule has 0 aliphatic carbocycles. The summed E-state index contributed by atoms with van der Waals surface area (Å²) >= 11 is 7.60. The van der Waals surface area contributed by atoms with Crippen LogP contribution in [0.25, 0.3) is 0 Å². The first kappa shape index (κ1) is 6.72. The highest BCUT2D eigenvalue weighted by Gasteiger charge is 2.21. The van der Waals surface area contributed by atoms with E-state index in [1.165, 1.54) is 6.42 Å². The molecule has 8 heavy (non-hydrogen) atoms. The molecule has 2 N–H and O–H groups in total. The summed E-state index contributed by atoms with van der Waals surface area (Å²) in [5, 5.41) is 0.637. The van der Waals surface area contributed by atoms with Crippen molar-refractivity contribution in [1.82, 2.24) is 0 Å². The van der Waals surface area contributed by atoms with E-state index >= 15 is 0 Å². The molecule has 0 aromatic carbocycles. The molecular formula is C5H10ClNS. The van der Waals surface area contributed by atoms with Crippen molar-refractivity contribution in [2.45, 2.75) is 22.8 Å². The zero-order chi connectivity index (χ0) is 5.98. The van der Waals surface area contributed by atoms with Gasteiger partial charge in [-0.15, -0.1) is 23.4 Å². The molecule has 1 heterocycles. The Morgan fingerprint density at radius 1 is 1.62 bits per heavy atom. The molecule has 0 amide bonds. The van der Waals surface area contributed by atoms with Crippen molar-refractivity contribution in [3.05, 3.63) is 0 Å². The first-order valence-corrected chi connectivity index (χ1v) is 4.20. The molecule has 1 fully saturated rings. The minimum Gasteiger partial charge on any atom is -0.329 e. The van der Waals surface area contributed by atoms with Gasteiger partial charge in [0.1, 0.15) is 0 Å². The lowest BCUT2D eigenvalue weighted by molar-refractivity contribution is 0.776. The number of alkyl halides is 1. The number of hydrogen-bond acceptors (Lipinski definition) is 2. The van der Waals surface area contributed by atoms with Gasteiger partial charge >= 0.3 is 0 Å². The predicted molar refractivity (Wildman–Crippen MR) is 39.3 cm³/mol. The molecule has 3 heteroatoms. The maximum absolute atomic E-state index is 5.79. The Hall–Kier alpha value is 0.600. The van der Waals surface area contributed by atoms with Crippen LogP contribution in [0.15, 0.2) is 0 Å². The average Bonchev–Trinajstić information content (AvgIpc) is 2.14. The SMILES string of the molecule is NCC1CCC(Cl)S1. The van der Waals surface area contributed by atoms with Crippen LogP contribution >= 0.6 is 23.4 Å². The second-order valence-corrected chi connectivity index (χ2v) is 4.27. The minimum absolute atomic E-state index is 0.337. The van der Waals surface area contributed by atoms with E-state index < -0.39 is 0 Å². The summed E-state index contributed by atoms with van der Waals surface area (Å²) in [4.78, 5) is 0. The molecular weight excluding hydrogens is 142 g/mol. The predicted octanol–water partition coefficient (Wildman–Crippen LogP) is 1.41. The Balaban J connectivity index is 2.22. The van der Waals surface area contributed by atoms with Crippen LogP contribution in [0.2, 0.25) is 0 Å². The van der Waals surface area contributed by atoms with Gasteiger partial charge in [-0.1, -0.05) is 0 Å². The Labute approximate surface area is 59.0 Å². The van der Waals surface area contributed by atoms with Crippen LogP contribution in [-0.4, -0.2) is 16.5 Å². The van der Waals surface area contributed by atoms with E-state index in [2.05, 4.69) is 0 Å². The zero-order valence-electron chi connectivity index (χ0n) is 4.64. The third kappa shape index (κ3) is 1.54. The zero-order valence-corrected chi connectivity index (χ0v) is 6.21. The lowest BCUT2D eigenvalue weighted by Gasteiger charge is -2.01. The highest BCUT2D eigenvalue weighted by Crippen LogP contribution is 2.34. The van der Waals surface area contributed by atoms with Crippen molar-refractivity contribution < 1.29 is 0 Å². The second-order valence-electron chi connectivity index (χ2n) is 1.98. The fourth-order valence-electron chi connectivity index (χ4n) is 0.835. The third-order valence-electron chi connectivity index (χ3n) is 1.32. The Bertz CT molecular complexity index is 78.8. The summed E-state index contributed by atoms with van der Waals surface area (Å²) in [5.41, 5.74) is 5.42. The summed E-state index contributed by atoms with van der Waals surface area (Å²) in [6.07, 6.45) is 2.34. The van der Waals surface area contributed by atoms with Gasteiger partial charge in [0.05, 0.1) is 4.71 Å². The van der Waals surface area contributed by atoms with E-state index in [0.29, 0.717) is 9.96 Å². The molecule has 0 radical (unpaired) electrons. The van der Waals surface area contributed by atoms with Gasteiger partial charge < -0.3 is 5.73 Å².